The molecule has 1 aliphatic rings. The van der Waals surface area contributed by atoms with E-state index in [-0.39, 0.29) is 0 Å². The fourth-order valence-electron chi connectivity index (χ4n) is 5.14. The molecule has 0 atom stereocenters. The van der Waals surface area contributed by atoms with Gasteiger partial charge >= 0.3 is 12.1 Å². The van der Waals surface area contributed by atoms with Gasteiger partial charge in [-0.3, -0.25) is 4.68 Å². The van der Waals surface area contributed by atoms with Crippen LogP contribution in [0.15, 0.2) is 36.4 Å². The Morgan fingerprint density at radius 2 is 1.74 bits per heavy atom. The minimum atomic E-state index is -5.08. The van der Waals surface area contributed by atoms with E-state index in [1.807, 2.05) is 12.1 Å². The smallest absolute Gasteiger partial charge is 0.475 e. The van der Waals surface area contributed by atoms with E-state index in [0.717, 1.165) is 44.7 Å². The summed E-state index contributed by atoms with van der Waals surface area (Å²) in [5, 5.41) is 12.2. The van der Waals surface area contributed by atoms with Gasteiger partial charge in [-0.25, -0.2) is 9.64 Å². The van der Waals surface area contributed by atoms with Crippen LogP contribution >= 0.6 is 0 Å². The van der Waals surface area contributed by atoms with Crippen molar-refractivity contribution in [1.29, 1.82) is 0 Å². The maximum absolute atomic E-state index is 10.6. The monoisotopic (exact) mass is 541 g/mol. The van der Waals surface area contributed by atoms with Gasteiger partial charge in [0.2, 0.25) is 0 Å². The maximum atomic E-state index is 10.6. The molecule has 0 saturated heterocycles. The molecule has 3 aromatic rings. The van der Waals surface area contributed by atoms with Gasteiger partial charge in [0.25, 0.3) is 0 Å². The first-order valence-corrected chi connectivity index (χ1v) is 12.8. The third kappa shape index (κ3) is 6.91. The number of carboxylic acid groups (broad SMARTS) is 1. The SMILES string of the molecule is O=C(O)C(F)(F)F.[C-]#[N+]c1ccc(CN(CCC)c2c3c(nn2C)N(c2c(C)cc(C)cc2C)CCC3)cc1. The molecule has 0 amide bonds. The highest BCUT2D eigenvalue weighted by Gasteiger charge is 2.38. The Balaban J connectivity index is 0.000000532. The van der Waals surface area contributed by atoms with E-state index in [9.17, 15) is 13.2 Å². The van der Waals surface area contributed by atoms with Crippen LogP contribution in [-0.4, -0.2) is 40.1 Å². The zero-order valence-corrected chi connectivity index (χ0v) is 22.9. The van der Waals surface area contributed by atoms with Gasteiger partial charge < -0.3 is 14.9 Å². The van der Waals surface area contributed by atoms with Crippen LogP contribution in [0.2, 0.25) is 0 Å². The predicted octanol–water partition coefficient (Wildman–Crippen LogP) is 7.03. The Bertz CT molecular complexity index is 1330. The Labute approximate surface area is 227 Å². The number of fused-ring (bicyclic) bond motifs is 1. The largest absolute Gasteiger partial charge is 0.490 e. The van der Waals surface area contributed by atoms with E-state index >= 15 is 0 Å². The average molecular weight is 542 g/mol. The number of rotatable bonds is 6. The molecule has 39 heavy (non-hydrogen) atoms. The zero-order chi connectivity index (χ0) is 28.9. The van der Waals surface area contributed by atoms with E-state index in [1.54, 1.807) is 0 Å². The van der Waals surface area contributed by atoms with Crippen LogP contribution in [-0.2, 0) is 24.8 Å². The number of carboxylic acids is 1. The number of aliphatic carboxylic acids is 1. The van der Waals surface area contributed by atoms with Gasteiger partial charge in [-0.05, 0) is 56.7 Å². The van der Waals surface area contributed by atoms with Crippen molar-refractivity contribution < 1.29 is 23.1 Å². The molecule has 1 N–H and O–H groups in total. The molecular weight excluding hydrogens is 507 g/mol. The number of hydrogen-bond donors (Lipinski definition) is 1. The third-order valence-corrected chi connectivity index (χ3v) is 6.53. The van der Waals surface area contributed by atoms with Crippen LogP contribution in [0.4, 0.5) is 36.2 Å². The van der Waals surface area contributed by atoms with Crippen LogP contribution in [0.1, 0.15) is 47.6 Å². The summed E-state index contributed by atoms with van der Waals surface area (Å²) in [6.45, 7) is 18.8. The number of alkyl halides is 3. The highest BCUT2D eigenvalue weighted by Crippen LogP contribution is 2.41. The zero-order valence-electron chi connectivity index (χ0n) is 22.9. The Kier molecular flexibility index (Phi) is 9.28. The number of aromatic nitrogens is 2. The fraction of sp³-hybridized carbons (Fsp3) is 0.414. The van der Waals surface area contributed by atoms with Crippen molar-refractivity contribution >= 4 is 29.0 Å². The standard InChI is InChI=1S/C27H33N5.C2HF3O2/c1-7-14-31(18-22-10-12-23(28-5)13-11-22)27-24-9-8-15-32(26(24)29-30(27)6)25-20(3)16-19(2)17-21(25)4;3-2(4,5)1(6)7/h10-13,16-17H,7-9,14-15,18H2,1-4,6H3;(H,6,7). The highest BCUT2D eigenvalue weighted by atomic mass is 19.4. The van der Waals surface area contributed by atoms with Crippen molar-refractivity contribution in [2.24, 2.45) is 7.05 Å². The van der Waals surface area contributed by atoms with Gasteiger partial charge in [0.15, 0.2) is 11.5 Å². The van der Waals surface area contributed by atoms with E-state index < -0.39 is 12.1 Å². The molecule has 0 aliphatic carbocycles. The summed E-state index contributed by atoms with van der Waals surface area (Å²) in [6.07, 6.45) is -1.84. The Morgan fingerprint density at radius 1 is 1.15 bits per heavy atom. The average Bonchev–Trinajstić information content (AvgIpc) is 3.20. The number of nitrogens with zero attached hydrogens (tertiary/aromatic N) is 5. The Morgan fingerprint density at radius 3 is 2.26 bits per heavy atom. The number of hydrogen-bond acceptors (Lipinski definition) is 4. The van der Waals surface area contributed by atoms with Crippen LogP contribution in [0.5, 0.6) is 0 Å². The first-order valence-electron chi connectivity index (χ1n) is 12.8. The number of anilines is 3. The first kappa shape index (κ1) is 29.6. The summed E-state index contributed by atoms with van der Waals surface area (Å²) in [6, 6.07) is 12.5. The van der Waals surface area contributed by atoms with E-state index in [1.165, 1.54) is 39.3 Å². The van der Waals surface area contributed by atoms with E-state index in [2.05, 4.69) is 78.3 Å². The summed E-state index contributed by atoms with van der Waals surface area (Å²) in [5.41, 5.74) is 8.50. The molecule has 0 fully saturated rings. The molecule has 0 saturated carbocycles. The van der Waals surface area contributed by atoms with E-state index in [0.29, 0.717) is 5.69 Å². The summed E-state index contributed by atoms with van der Waals surface area (Å²) in [7, 11) is 2.07. The molecule has 208 valence electrons. The molecule has 0 radical (unpaired) electrons. The number of carbonyl (C=O) groups is 1. The Hall–Kier alpha value is -4.00. The van der Waals surface area contributed by atoms with Crippen molar-refractivity contribution in [3.63, 3.8) is 0 Å². The molecule has 0 unspecified atom stereocenters. The normalized spacial score (nSPS) is 12.7. The second-order valence-electron chi connectivity index (χ2n) is 9.75. The lowest BCUT2D eigenvalue weighted by Gasteiger charge is -2.32. The maximum Gasteiger partial charge on any atom is 0.490 e. The van der Waals surface area contributed by atoms with Gasteiger partial charge in [0.1, 0.15) is 5.82 Å². The van der Waals surface area contributed by atoms with Gasteiger partial charge in [0.05, 0.1) is 6.57 Å². The summed E-state index contributed by atoms with van der Waals surface area (Å²) >= 11 is 0. The second kappa shape index (κ2) is 12.2. The number of halogens is 3. The quantitative estimate of drug-likeness (QED) is 0.340. The summed E-state index contributed by atoms with van der Waals surface area (Å²) in [5.74, 6) is -0.427. The lowest BCUT2D eigenvalue weighted by molar-refractivity contribution is -0.192. The van der Waals surface area contributed by atoms with E-state index in [4.69, 9.17) is 21.6 Å². The third-order valence-electron chi connectivity index (χ3n) is 6.53. The molecule has 2 heterocycles. The molecule has 4 rings (SSSR count). The minimum absolute atomic E-state index is 0.688. The van der Waals surface area contributed by atoms with Gasteiger partial charge in [-0.2, -0.15) is 18.3 Å². The van der Waals surface area contributed by atoms with Crippen molar-refractivity contribution in [1.82, 2.24) is 9.78 Å². The van der Waals surface area contributed by atoms with Crippen LogP contribution in [0.25, 0.3) is 4.85 Å². The first-order chi connectivity index (χ1) is 18.4. The number of benzene rings is 2. The lowest BCUT2D eigenvalue weighted by Crippen LogP contribution is -2.29. The molecule has 1 aliphatic heterocycles. The van der Waals surface area contributed by atoms with Crippen molar-refractivity contribution in [3.8, 4) is 0 Å². The van der Waals surface area contributed by atoms with Gasteiger partial charge in [-0.1, -0.05) is 48.9 Å². The molecule has 1 aromatic heterocycles. The second-order valence-corrected chi connectivity index (χ2v) is 9.75. The highest BCUT2D eigenvalue weighted by molar-refractivity contribution is 5.75. The summed E-state index contributed by atoms with van der Waals surface area (Å²) < 4.78 is 33.8. The minimum Gasteiger partial charge on any atom is -0.475 e. The lowest BCUT2D eigenvalue weighted by atomic mass is 10.00. The van der Waals surface area contributed by atoms with Gasteiger partial charge in [-0.15, -0.1) is 0 Å². The van der Waals surface area contributed by atoms with Crippen LogP contribution < -0.4 is 9.80 Å². The fourth-order valence-corrected chi connectivity index (χ4v) is 5.14. The van der Waals surface area contributed by atoms with Gasteiger partial charge in [0, 0.05) is 37.9 Å². The predicted molar refractivity (Wildman–Crippen MR) is 147 cm³/mol. The van der Waals surface area contributed by atoms with Crippen molar-refractivity contribution in [3.05, 3.63) is 75.6 Å². The van der Waals surface area contributed by atoms with Crippen molar-refractivity contribution in [2.45, 2.75) is 59.7 Å². The van der Waals surface area contributed by atoms with Crippen molar-refractivity contribution in [2.75, 3.05) is 22.9 Å². The van der Waals surface area contributed by atoms with Crippen LogP contribution in [0, 0.1) is 27.3 Å². The molecule has 7 nitrogen and oxygen atoms in total. The molecule has 10 heteroatoms. The topological polar surface area (TPSA) is 66.0 Å². The number of aryl methyl sites for hydroxylation is 4. The molecule has 0 spiro atoms. The van der Waals surface area contributed by atoms with Crippen LogP contribution in [0.3, 0.4) is 0 Å². The summed E-state index contributed by atoms with van der Waals surface area (Å²) in [4.78, 5) is 17.3. The molecular formula is C29H34F3N5O2. The molecule has 2 aromatic carbocycles. The molecule has 0 bridgehead atoms.